The van der Waals surface area contributed by atoms with E-state index in [1.807, 2.05) is 6.07 Å². The summed E-state index contributed by atoms with van der Waals surface area (Å²) in [5.41, 5.74) is 1.64. The van der Waals surface area contributed by atoms with Crippen molar-refractivity contribution in [3.8, 4) is 11.5 Å². The lowest BCUT2D eigenvalue weighted by atomic mass is 10.1. The first-order valence-corrected chi connectivity index (χ1v) is 10.7. The fraction of sp³-hybridized carbons (Fsp3) is 0.348. The molecular weight excluding hydrogens is 416 g/mol. The first-order valence-electron chi connectivity index (χ1n) is 10.4. The number of carbonyl (C=O) groups excluding carboxylic acids is 1. The van der Waals surface area contributed by atoms with Crippen LogP contribution in [-0.2, 0) is 0 Å². The predicted molar refractivity (Wildman–Crippen MR) is 119 cm³/mol. The van der Waals surface area contributed by atoms with Gasteiger partial charge in [-0.2, -0.15) is 0 Å². The van der Waals surface area contributed by atoms with E-state index in [-0.39, 0.29) is 11.1 Å². The van der Waals surface area contributed by atoms with Gasteiger partial charge in [0.15, 0.2) is 5.82 Å². The highest BCUT2D eigenvalue weighted by Gasteiger charge is 2.25. The zero-order valence-corrected chi connectivity index (χ0v) is 18.2. The number of fused-ring (bicyclic) bond motifs is 1. The third kappa shape index (κ3) is 5.06. The molecule has 1 aromatic heterocycles. The number of hydrogen-bond donors (Lipinski definition) is 0. The monoisotopic (exact) mass is 440 g/mol. The number of hydrogen-bond acceptors (Lipinski definition) is 6. The summed E-state index contributed by atoms with van der Waals surface area (Å²) in [5, 5.41) is 0.282. The van der Waals surface area contributed by atoms with E-state index in [0.29, 0.717) is 23.6 Å². The van der Waals surface area contributed by atoms with Gasteiger partial charge in [-0.25, -0.2) is 9.97 Å². The number of aromatic nitrogens is 2. The second kappa shape index (κ2) is 9.94. The first kappa shape index (κ1) is 21.3. The van der Waals surface area contributed by atoms with E-state index in [1.165, 1.54) is 11.8 Å². The van der Waals surface area contributed by atoms with Gasteiger partial charge in [-0.05, 0) is 44.0 Å². The zero-order chi connectivity index (χ0) is 21.6. The van der Waals surface area contributed by atoms with Gasteiger partial charge in [-0.3, -0.25) is 14.6 Å². The quantitative estimate of drug-likeness (QED) is 0.480. The molecule has 1 aromatic carbocycles. The lowest BCUT2D eigenvalue weighted by Gasteiger charge is -2.27. The van der Waals surface area contributed by atoms with Crippen LogP contribution in [0, 0.1) is 0 Å². The molecular formula is C23H25ClN4O3. The van der Waals surface area contributed by atoms with Crippen molar-refractivity contribution in [2.45, 2.75) is 19.3 Å². The number of benzene rings is 1. The Morgan fingerprint density at radius 1 is 1.19 bits per heavy atom. The normalized spacial score (nSPS) is 16.7. The lowest BCUT2D eigenvalue weighted by Crippen LogP contribution is -2.32. The first-order chi connectivity index (χ1) is 15.2. The molecule has 1 amide bonds. The molecule has 0 fully saturated rings. The summed E-state index contributed by atoms with van der Waals surface area (Å²) in [4.78, 5) is 25.7. The fourth-order valence-electron chi connectivity index (χ4n) is 3.76. The number of amides is 1. The highest BCUT2D eigenvalue weighted by Crippen LogP contribution is 2.31. The Morgan fingerprint density at radius 3 is 2.81 bits per heavy atom. The Hall–Kier alpha value is -2.90. The maximum Gasteiger partial charge on any atom is 0.262 e. The second-order valence-electron chi connectivity index (χ2n) is 7.45. The molecule has 0 atom stereocenters. The van der Waals surface area contributed by atoms with Gasteiger partial charge >= 0.3 is 0 Å². The largest absolute Gasteiger partial charge is 0.497 e. The van der Waals surface area contributed by atoms with Crippen molar-refractivity contribution >= 4 is 23.1 Å². The summed E-state index contributed by atoms with van der Waals surface area (Å²) in [6.45, 7) is 3.33. The summed E-state index contributed by atoms with van der Waals surface area (Å²) in [7, 11) is 1.57. The van der Waals surface area contributed by atoms with Crippen molar-refractivity contribution < 1.29 is 14.3 Å². The van der Waals surface area contributed by atoms with E-state index in [4.69, 9.17) is 21.1 Å². The molecule has 0 saturated heterocycles. The minimum absolute atomic E-state index is 0.166. The van der Waals surface area contributed by atoms with Crippen molar-refractivity contribution in [1.29, 1.82) is 0 Å². The number of rotatable bonds is 7. The van der Waals surface area contributed by atoms with Crippen LogP contribution in [0.1, 0.15) is 35.4 Å². The van der Waals surface area contributed by atoms with Crippen LogP contribution in [0.4, 0.5) is 0 Å². The number of carbonyl (C=O) groups is 1. The molecule has 0 aliphatic carbocycles. The summed E-state index contributed by atoms with van der Waals surface area (Å²) < 4.78 is 10.8. The van der Waals surface area contributed by atoms with Gasteiger partial charge in [0, 0.05) is 43.7 Å². The van der Waals surface area contributed by atoms with Gasteiger partial charge in [-0.1, -0.05) is 17.7 Å². The topological polar surface area (TPSA) is 67.8 Å². The molecule has 8 heteroatoms. The predicted octanol–water partition coefficient (Wildman–Crippen LogP) is 3.93. The Bertz CT molecular complexity index is 994. The number of nitrogens with zero attached hydrogens (tertiary/aromatic N) is 4. The molecule has 0 N–H and O–H groups in total. The van der Waals surface area contributed by atoms with Crippen LogP contribution < -0.4 is 9.47 Å². The van der Waals surface area contributed by atoms with E-state index in [2.05, 4.69) is 20.9 Å². The number of methoxy groups -OCH3 is 1. The molecule has 7 nitrogen and oxygen atoms in total. The van der Waals surface area contributed by atoms with Crippen LogP contribution in [0.2, 0.25) is 0 Å². The molecule has 2 aromatic rings. The Morgan fingerprint density at radius 2 is 2.00 bits per heavy atom. The molecule has 3 heterocycles. The standard InChI is InChI=1S/C23H25ClN4O3/c1-30-18-7-8-19-20(14-18)31-16-21(24)28(23(19)29)13-3-2-11-27-12-4-6-17(15-27)22-25-9-5-10-26-22/h5-10,14,16H,2-4,11-13,15H2,1H3. The van der Waals surface area contributed by atoms with Gasteiger partial charge < -0.3 is 9.47 Å². The number of halogens is 1. The van der Waals surface area contributed by atoms with Crippen molar-refractivity contribution in [2.24, 2.45) is 0 Å². The van der Waals surface area contributed by atoms with Crippen molar-refractivity contribution in [1.82, 2.24) is 19.8 Å². The Kier molecular flexibility index (Phi) is 6.84. The van der Waals surface area contributed by atoms with Crippen LogP contribution in [0.3, 0.4) is 0 Å². The molecule has 2 aliphatic rings. The van der Waals surface area contributed by atoms with Crippen LogP contribution >= 0.6 is 11.6 Å². The summed E-state index contributed by atoms with van der Waals surface area (Å²) in [6.07, 6.45) is 9.95. The molecule has 4 rings (SSSR count). The minimum Gasteiger partial charge on any atom is -0.497 e. The number of ether oxygens (including phenoxy) is 2. The minimum atomic E-state index is -0.166. The molecule has 0 saturated carbocycles. The van der Waals surface area contributed by atoms with Gasteiger partial charge in [0.2, 0.25) is 0 Å². The molecule has 162 valence electrons. The third-order valence-corrected chi connectivity index (χ3v) is 5.69. The van der Waals surface area contributed by atoms with Crippen molar-refractivity contribution in [2.75, 3.05) is 33.3 Å². The van der Waals surface area contributed by atoms with Gasteiger partial charge in [0.05, 0.1) is 12.7 Å². The van der Waals surface area contributed by atoms with Crippen LogP contribution in [0.5, 0.6) is 11.5 Å². The zero-order valence-electron chi connectivity index (χ0n) is 17.5. The van der Waals surface area contributed by atoms with E-state index >= 15 is 0 Å². The highest BCUT2D eigenvalue weighted by atomic mass is 35.5. The molecule has 31 heavy (non-hydrogen) atoms. The SMILES string of the molecule is COc1ccc2c(c1)OC=C(Cl)N(CCCCN1CCC=C(c3ncccn3)C1)C2=O. The van der Waals surface area contributed by atoms with Gasteiger partial charge in [0.1, 0.15) is 22.9 Å². The fourth-order valence-corrected chi connectivity index (χ4v) is 3.97. The smallest absolute Gasteiger partial charge is 0.262 e. The van der Waals surface area contributed by atoms with Crippen molar-refractivity contribution in [3.63, 3.8) is 0 Å². The Labute approximate surface area is 186 Å². The van der Waals surface area contributed by atoms with Crippen LogP contribution in [-0.4, -0.2) is 59.0 Å². The second-order valence-corrected chi connectivity index (χ2v) is 7.84. The van der Waals surface area contributed by atoms with Crippen LogP contribution in [0.15, 0.2) is 54.2 Å². The average molecular weight is 441 g/mol. The average Bonchev–Trinajstić information content (AvgIpc) is 2.93. The van der Waals surface area contributed by atoms with Gasteiger partial charge in [-0.15, -0.1) is 0 Å². The molecule has 0 radical (unpaired) electrons. The Balaban J connectivity index is 1.31. The lowest BCUT2D eigenvalue weighted by molar-refractivity contribution is 0.0814. The van der Waals surface area contributed by atoms with Crippen molar-refractivity contribution in [3.05, 3.63) is 65.5 Å². The third-order valence-electron chi connectivity index (χ3n) is 5.39. The van der Waals surface area contributed by atoms with Gasteiger partial charge in [0.25, 0.3) is 5.91 Å². The van der Waals surface area contributed by atoms with E-state index in [0.717, 1.165) is 44.7 Å². The van der Waals surface area contributed by atoms with E-state index < -0.39 is 0 Å². The molecule has 0 bridgehead atoms. The summed E-state index contributed by atoms with van der Waals surface area (Å²) in [5.74, 6) is 1.71. The van der Waals surface area contributed by atoms with Crippen LogP contribution in [0.25, 0.3) is 5.57 Å². The highest BCUT2D eigenvalue weighted by molar-refractivity contribution is 6.30. The molecule has 0 unspecified atom stereocenters. The number of unbranched alkanes of at least 4 members (excludes halogenated alkanes) is 1. The molecule has 2 aliphatic heterocycles. The summed E-state index contributed by atoms with van der Waals surface area (Å²) >= 11 is 6.34. The van der Waals surface area contributed by atoms with E-state index in [9.17, 15) is 4.79 Å². The maximum atomic E-state index is 13.0. The van der Waals surface area contributed by atoms with E-state index in [1.54, 1.807) is 42.6 Å². The molecule has 0 spiro atoms. The summed E-state index contributed by atoms with van der Waals surface area (Å²) in [6, 6.07) is 6.97. The maximum absolute atomic E-state index is 13.0.